The Morgan fingerprint density at radius 2 is 1.67 bits per heavy atom. The minimum absolute atomic E-state index is 0.301. The average Bonchev–Trinajstić information content (AvgIpc) is 2.42. The molecule has 0 saturated carbocycles. The molecule has 0 fully saturated rings. The van der Waals surface area contributed by atoms with E-state index in [1.807, 2.05) is 0 Å². The van der Waals surface area contributed by atoms with Crippen LogP contribution in [0.1, 0.15) is 10.4 Å². The van der Waals surface area contributed by atoms with Crippen LogP contribution in [0.3, 0.4) is 0 Å². The molecule has 1 aromatic carbocycles. The lowest BCUT2D eigenvalue weighted by molar-refractivity contribution is 0.0530. The summed E-state index contributed by atoms with van der Waals surface area (Å²) >= 11 is 3.18. The van der Waals surface area contributed by atoms with E-state index in [0.29, 0.717) is 34.7 Å². The highest BCUT2D eigenvalue weighted by atomic mass is 79.9. The number of hydrogen-bond acceptors (Lipinski definition) is 5. The van der Waals surface area contributed by atoms with E-state index in [2.05, 4.69) is 15.9 Å². The van der Waals surface area contributed by atoms with Crippen molar-refractivity contribution in [3.8, 4) is 17.2 Å². The molecule has 1 aromatic rings. The monoisotopic (exact) mass is 318 g/mol. The third-order valence-corrected chi connectivity index (χ3v) is 2.53. The van der Waals surface area contributed by atoms with Crippen LogP contribution >= 0.6 is 15.9 Å². The molecule has 0 amide bonds. The molecule has 0 spiro atoms. The molecule has 1 rings (SSSR count). The molecule has 0 bridgehead atoms. The quantitative estimate of drug-likeness (QED) is 0.595. The minimum Gasteiger partial charge on any atom is -0.493 e. The molecule has 0 atom stereocenters. The van der Waals surface area contributed by atoms with E-state index in [9.17, 15) is 4.79 Å². The zero-order chi connectivity index (χ0) is 13.5. The van der Waals surface area contributed by atoms with Gasteiger partial charge < -0.3 is 18.9 Å². The lowest BCUT2D eigenvalue weighted by atomic mass is 10.2. The van der Waals surface area contributed by atoms with Gasteiger partial charge in [-0.05, 0) is 12.1 Å². The third kappa shape index (κ3) is 3.29. The molecule has 100 valence electrons. The second-order valence-electron chi connectivity index (χ2n) is 3.24. The fourth-order valence-corrected chi connectivity index (χ4v) is 1.58. The molecule has 0 aromatic heterocycles. The Labute approximate surface area is 114 Å². The number of esters is 1. The summed E-state index contributed by atoms with van der Waals surface area (Å²) < 4.78 is 20.5. The van der Waals surface area contributed by atoms with Crippen LogP contribution in [0.25, 0.3) is 0 Å². The molecule has 18 heavy (non-hydrogen) atoms. The number of alkyl halides is 1. The van der Waals surface area contributed by atoms with Crippen molar-refractivity contribution in [2.24, 2.45) is 0 Å². The molecule has 0 radical (unpaired) electrons. The normalized spacial score (nSPS) is 9.78. The zero-order valence-electron chi connectivity index (χ0n) is 10.5. The van der Waals surface area contributed by atoms with Crippen molar-refractivity contribution in [1.29, 1.82) is 0 Å². The number of halogens is 1. The summed E-state index contributed by atoms with van der Waals surface area (Å²) in [5.41, 5.74) is 0.352. The lowest BCUT2D eigenvalue weighted by Crippen LogP contribution is -2.08. The Bertz CT molecular complexity index is 394. The minimum atomic E-state index is -0.436. The van der Waals surface area contributed by atoms with Gasteiger partial charge in [0.2, 0.25) is 5.75 Å². The van der Waals surface area contributed by atoms with Gasteiger partial charge in [-0.25, -0.2) is 4.79 Å². The zero-order valence-corrected chi connectivity index (χ0v) is 12.1. The Hall–Kier alpha value is -1.43. The van der Waals surface area contributed by atoms with Crippen LogP contribution in [0.4, 0.5) is 0 Å². The van der Waals surface area contributed by atoms with Gasteiger partial charge in [-0.1, -0.05) is 15.9 Å². The van der Waals surface area contributed by atoms with Crippen molar-refractivity contribution >= 4 is 21.9 Å². The number of ether oxygens (including phenoxy) is 4. The summed E-state index contributed by atoms with van der Waals surface area (Å²) in [6, 6.07) is 3.11. The standard InChI is InChI=1S/C12H15BrO5/c1-15-9-6-8(12(14)18-5-4-13)7-10(16-2)11(9)17-3/h6-7H,4-5H2,1-3H3. The third-order valence-electron chi connectivity index (χ3n) is 2.21. The first kappa shape index (κ1) is 14.6. The molecule has 0 unspecified atom stereocenters. The molecule has 0 saturated heterocycles. The first-order valence-electron chi connectivity index (χ1n) is 5.21. The van der Waals surface area contributed by atoms with Crippen LogP contribution in [0.15, 0.2) is 12.1 Å². The molecule has 0 heterocycles. The van der Waals surface area contributed by atoms with Crippen molar-refractivity contribution in [2.75, 3.05) is 33.3 Å². The van der Waals surface area contributed by atoms with Gasteiger partial charge in [0.1, 0.15) is 6.61 Å². The molecule has 0 aliphatic rings. The van der Waals surface area contributed by atoms with Crippen LogP contribution in [0.5, 0.6) is 17.2 Å². The summed E-state index contributed by atoms with van der Waals surface area (Å²) in [4.78, 5) is 11.7. The van der Waals surface area contributed by atoms with Crippen molar-refractivity contribution in [3.05, 3.63) is 17.7 Å². The number of rotatable bonds is 6. The van der Waals surface area contributed by atoms with Gasteiger partial charge in [0.15, 0.2) is 11.5 Å². The number of methoxy groups -OCH3 is 3. The Morgan fingerprint density at radius 1 is 1.11 bits per heavy atom. The fraction of sp³-hybridized carbons (Fsp3) is 0.417. The second kappa shape index (κ2) is 7.10. The lowest BCUT2D eigenvalue weighted by Gasteiger charge is -2.13. The van der Waals surface area contributed by atoms with Crippen molar-refractivity contribution in [3.63, 3.8) is 0 Å². The average molecular weight is 319 g/mol. The Balaban J connectivity index is 3.10. The van der Waals surface area contributed by atoms with Gasteiger partial charge in [0.05, 0.1) is 26.9 Å². The van der Waals surface area contributed by atoms with E-state index in [0.717, 1.165) is 0 Å². The topological polar surface area (TPSA) is 54.0 Å². The largest absolute Gasteiger partial charge is 0.493 e. The molecule has 6 heteroatoms. The first-order valence-corrected chi connectivity index (χ1v) is 6.33. The molecule has 5 nitrogen and oxygen atoms in total. The maximum Gasteiger partial charge on any atom is 0.338 e. The van der Waals surface area contributed by atoms with E-state index in [4.69, 9.17) is 18.9 Å². The highest BCUT2D eigenvalue weighted by molar-refractivity contribution is 9.09. The highest BCUT2D eigenvalue weighted by Gasteiger charge is 2.17. The summed E-state index contributed by atoms with van der Waals surface area (Å²) in [6.45, 7) is 0.301. The summed E-state index contributed by atoms with van der Waals surface area (Å²) in [5, 5.41) is 0.586. The molecule has 0 aliphatic heterocycles. The van der Waals surface area contributed by atoms with E-state index in [1.54, 1.807) is 12.1 Å². The maximum atomic E-state index is 11.7. The predicted octanol–water partition coefficient (Wildman–Crippen LogP) is 2.26. The SMILES string of the molecule is COc1cc(C(=O)OCCBr)cc(OC)c1OC. The Kier molecular flexibility index (Phi) is 5.77. The fourth-order valence-electron chi connectivity index (χ4n) is 1.41. The van der Waals surface area contributed by atoms with Gasteiger partial charge in [-0.15, -0.1) is 0 Å². The van der Waals surface area contributed by atoms with Crippen LogP contribution < -0.4 is 14.2 Å². The highest BCUT2D eigenvalue weighted by Crippen LogP contribution is 2.38. The second-order valence-corrected chi connectivity index (χ2v) is 4.03. The van der Waals surface area contributed by atoms with Gasteiger partial charge in [0, 0.05) is 5.33 Å². The van der Waals surface area contributed by atoms with Gasteiger partial charge in [0.25, 0.3) is 0 Å². The van der Waals surface area contributed by atoms with E-state index in [1.165, 1.54) is 21.3 Å². The number of hydrogen-bond donors (Lipinski definition) is 0. The van der Waals surface area contributed by atoms with Crippen LogP contribution in [-0.4, -0.2) is 39.2 Å². The van der Waals surface area contributed by atoms with Gasteiger partial charge in [-0.3, -0.25) is 0 Å². The molecule has 0 aliphatic carbocycles. The number of carbonyl (C=O) groups is 1. The van der Waals surface area contributed by atoms with E-state index in [-0.39, 0.29) is 0 Å². The number of benzene rings is 1. The summed E-state index contributed by atoms with van der Waals surface area (Å²) in [5.74, 6) is 0.844. The molecule has 0 N–H and O–H groups in total. The van der Waals surface area contributed by atoms with Crippen molar-refractivity contribution < 1.29 is 23.7 Å². The van der Waals surface area contributed by atoms with E-state index >= 15 is 0 Å². The van der Waals surface area contributed by atoms with Crippen molar-refractivity contribution in [1.82, 2.24) is 0 Å². The Morgan fingerprint density at radius 3 is 2.06 bits per heavy atom. The van der Waals surface area contributed by atoms with Crippen LogP contribution in [0.2, 0.25) is 0 Å². The van der Waals surface area contributed by atoms with Crippen LogP contribution in [0, 0.1) is 0 Å². The maximum absolute atomic E-state index is 11.7. The van der Waals surface area contributed by atoms with Gasteiger partial charge in [-0.2, -0.15) is 0 Å². The van der Waals surface area contributed by atoms with Crippen LogP contribution in [-0.2, 0) is 4.74 Å². The number of carbonyl (C=O) groups excluding carboxylic acids is 1. The first-order chi connectivity index (χ1) is 8.67. The summed E-state index contributed by atoms with van der Waals surface area (Å²) in [7, 11) is 4.49. The summed E-state index contributed by atoms with van der Waals surface area (Å²) in [6.07, 6.45) is 0. The molecular weight excluding hydrogens is 304 g/mol. The predicted molar refractivity (Wildman–Crippen MR) is 70.2 cm³/mol. The van der Waals surface area contributed by atoms with Gasteiger partial charge >= 0.3 is 5.97 Å². The van der Waals surface area contributed by atoms with E-state index < -0.39 is 5.97 Å². The molecular formula is C12H15BrO5. The van der Waals surface area contributed by atoms with Crippen molar-refractivity contribution in [2.45, 2.75) is 0 Å². The smallest absolute Gasteiger partial charge is 0.338 e.